The van der Waals surface area contributed by atoms with Crippen LogP contribution in [0.5, 0.6) is 0 Å². The molecule has 10 nitrogen and oxygen atoms in total. The summed E-state index contributed by atoms with van der Waals surface area (Å²) < 4.78 is 14.4. The fourth-order valence-electron chi connectivity index (χ4n) is 6.54. The number of carbonyl (C=O) groups excluding carboxylic acids is 1. The highest BCUT2D eigenvalue weighted by molar-refractivity contribution is 5.81. The maximum absolute atomic E-state index is 14.4. The van der Waals surface area contributed by atoms with Crippen molar-refractivity contribution in [1.82, 2.24) is 26.3 Å². The molecule has 0 radical (unpaired) electrons. The van der Waals surface area contributed by atoms with Gasteiger partial charge >= 0.3 is 0 Å². The largest absolute Gasteiger partial charge is 0.350 e. The number of allylic oxidation sites excluding steroid dienone is 2. The maximum Gasteiger partial charge on any atom is 0.228 e. The van der Waals surface area contributed by atoms with Gasteiger partial charge in [0, 0.05) is 18.8 Å². The summed E-state index contributed by atoms with van der Waals surface area (Å²) in [5.74, 6) is -0.403. The first kappa shape index (κ1) is 28.5. The van der Waals surface area contributed by atoms with Gasteiger partial charge in [0.25, 0.3) is 0 Å². The van der Waals surface area contributed by atoms with E-state index >= 15 is 0 Å². The van der Waals surface area contributed by atoms with Gasteiger partial charge in [-0.1, -0.05) is 19.9 Å². The molecule has 0 aliphatic carbocycles. The van der Waals surface area contributed by atoms with E-state index in [2.05, 4.69) is 45.2 Å². The van der Waals surface area contributed by atoms with Gasteiger partial charge in [-0.05, 0) is 75.6 Å². The van der Waals surface area contributed by atoms with E-state index in [9.17, 15) is 9.18 Å². The van der Waals surface area contributed by atoms with Crippen molar-refractivity contribution in [3.63, 3.8) is 0 Å². The molecule has 1 amide bonds. The molecule has 4 aliphatic heterocycles. The Kier molecular flexibility index (Phi) is 10.1. The summed E-state index contributed by atoms with van der Waals surface area (Å²) in [6, 6.07) is -0.299. The number of hydrogen-bond acceptors (Lipinski definition) is 9. The number of rotatable bonds is 8. The van der Waals surface area contributed by atoms with Gasteiger partial charge in [0.2, 0.25) is 5.91 Å². The second-order valence-electron chi connectivity index (χ2n) is 11.2. The first-order chi connectivity index (χ1) is 17.9. The molecule has 0 bridgehead atoms. The van der Waals surface area contributed by atoms with E-state index in [0.717, 1.165) is 51.7 Å². The molecule has 0 aromatic carbocycles. The van der Waals surface area contributed by atoms with Crippen molar-refractivity contribution in [2.75, 3.05) is 32.9 Å². The molecule has 4 rings (SSSR count). The Morgan fingerprint density at radius 3 is 2.68 bits per heavy atom. The lowest BCUT2D eigenvalue weighted by Gasteiger charge is -2.45. The van der Waals surface area contributed by atoms with E-state index in [1.54, 1.807) is 6.08 Å². The van der Waals surface area contributed by atoms with Gasteiger partial charge in [0.1, 0.15) is 6.73 Å². The number of hydroxylamine groups is 1. The molecule has 0 aromatic heterocycles. The minimum atomic E-state index is -1.28. The number of nitrogens with one attached hydrogen (secondary N) is 4. The third-order valence-corrected chi connectivity index (χ3v) is 9.08. The average molecular weight is 523 g/mol. The maximum atomic E-state index is 14.4. The van der Waals surface area contributed by atoms with Gasteiger partial charge < -0.3 is 22.1 Å². The topological polar surface area (TPSA) is 142 Å². The van der Waals surface area contributed by atoms with E-state index in [4.69, 9.17) is 16.3 Å². The van der Waals surface area contributed by atoms with Crippen LogP contribution >= 0.6 is 0 Å². The van der Waals surface area contributed by atoms with Crippen molar-refractivity contribution in [2.45, 2.75) is 89.0 Å². The molecule has 210 valence electrons. The molecule has 0 aromatic rings. The molecule has 6 atom stereocenters. The summed E-state index contributed by atoms with van der Waals surface area (Å²) in [4.78, 5) is 26.0. The van der Waals surface area contributed by atoms with Crippen molar-refractivity contribution in [3.8, 4) is 0 Å². The number of alkyl halides is 1. The van der Waals surface area contributed by atoms with Gasteiger partial charge in [-0.2, -0.15) is 5.48 Å². The molecule has 6 unspecified atom stereocenters. The second-order valence-corrected chi connectivity index (χ2v) is 11.2. The molecule has 3 fully saturated rings. The van der Waals surface area contributed by atoms with Crippen LogP contribution in [0.15, 0.2) is 17.1 Å². The molecule has 4 heterocycles. The number of nitrogens with zero attached hydrogens (tertiary/aromatic N) is 2. The standard InChI is InChI=1S/C26H47FN8O2/c1-3-26(4-2)9-5-18(27)14-31-19(13-26)22(23(28)29)25(36)33-20-15-30-10-6-21(20)35-11-7-17(8-12-35)24-32-16-37-34-24/h5,9,14,17-24,30,32,34H,3-4,6-8,10-13,15-16,28-29H2,1-2H3,(H,33,36)/b9-5-,31-14-. The van der Waals surface area contributed by atoms with E-state index in [0.29, 0.717) is 25.6 Å². The van der Waals surface area contributed by atoms with Crippen molar-refractivity contribution >= 4 is 12.1 Å². The van der Waals surface area contributed by atoms with Crippen LogP contribution in [0.1, 0.15) is 52.4 Å². The van der Waals surface area contributed by atoms with Gasteiger partial charge in [-0.25, -0.2) is 4.39 Å². The van der Waals surface area contributed by atoms with Gasteiger partial charge in [-0.3, -0.25) is 24.8 Å². The van der Waals surface area contributed by atoms with Crippen LogP contribution in [-0.4, -0.2) is 86.6 Å². The minimum absolute atomic E-state index is 0.0569. The highest BCUT2D eigenvalue weighted by Gasteiger charge is 2.41. The van der Waals surface area contributed by atoms with Gasteiger partial charge in [0.05, 0.1) is 30.3 Å². The van der Waals surface area contributed by atoms with E-state index < -0.39 is 24.3 Å². The Morgan fingerprint density at radius 1 is 1.27 bits per heavy atom. The fourth-order valence-corrected chi connectivity index (χ4v) is 6.54. The van der Waals surface area contributed by atoms with Crippen LogP contribution in [0.2, 0.25) is 0 Å². The average Bonchev–Trinajstić information content (AvgIpc) is 3.44. The first-order valence-corrected chi connectivity index (χ1v) is 14.1. The predicted octanol–water partition coefficient (Wildman–Crippen LogP) is 0.357. The predicted molar refractivity (Wildman–Crippen MR) is 143 cm³/mol. The number of halogens is 1. The van der Waals surface area contributed by atoms with Crippen molar-refractivity contribution in [2.24, 2.45) is 33.7 Å². The smallest absolute Gasteiger partial charge is 0.228 e. The zero-order chi connectivity index (χ0) is 26.4. The quantitative estimate of drug-likeness (QED) is 0.198. The van der Waals surface area contributed by atoms with Crippen LogP contribution in [0.4, 0.5) is 4.39 Å². The zero-order valence-electron chi connectivity index (χ0n) is 22.4. The number of carbonyl (C=O) groups is 1. The Balaban J connectivity index is 1.43. The van der Waals surface area contributed by atoms with Gasteiger partial charge in [0.15, 0.2) is 6.17 Å². The summed E-state index contributed by atoms with van der Waals surface area (Å²) in [7, 11) is 0. The normalized spacial score (nSPS) is 36.0. The Hall–Kier alpha value is -1.47. The summed E-state index contributed by atoms with van der Waals surface area (Å²) in [5.41, 5.74) is 15.2. The highest BCUT2D eigenvalue weighted by atomic mass is 19.1. The van der Waals surface area contributed by atoms with Crippen molar-refractivity contribution < 1.29 is 14.0 Å². The Labute approximate surface area is 220 Å². The van der Waals surface area contributed by atoms with Crippen LogP contribution in [0.3, 0.4) is 0 Å². The fraction of sp³-hybridized carbons (Fsp3) is 0.846. The lowest BCUT2D eigenvalue weighted by atomic mass is 9.73. The van der Waals surface area contributed by atoms with Crippen molar-refractivity contribution in [1.29, 1.82) is 0 Å². The Bertz CT molecular complexity index is 793. The van der Waals surface area contributed by atoms with Crippen LogP contribution < -0.4 is 32.9 Å². The molecule has 4 aliphatic rings. The summed E-state index contributed by atoms with van der Waals surface area (Å²) in [6.45, 7) is 8.30. The SMILES string of the molecule is CCC1(CC)/C=C\C(F)/C=N\C(C(C(=O)NC2CNCCC2N2CCC(C3NCON3)CC2)C(N)N)C1. The van der Waals surface area contributed by atoms with Crippen LogP contribution in [0, 0.1) is 17.3 Å². The van der Waals surface area contributed by atoms with E-state index in [-0.39, 0.29) is 29.6 Å². The lowest BCUT2D eigenvalue weighted by Crippen LogP contribution is -2.63. The highest BCUT2D eigenvalue weighted by Crippen LogP contribution is 2.38. The molecule has 37 heavy (non-hydrogen) atoms. The number of likely N-dealkylation sites (tertiary alicyclic amines) is 1. The number of piperidine rings is 2. The summed E-state index contributed by atoms with van der Waals surface area (Å²) in [6.07, 6.45) is 8.20. The Morgan fingerprint density at radius 2 is 2.03 bits per heavy atom. The molecule has 3 saturated heterocycles. The number of nitrogens with two attached hydrogens (primary N) is 2. The summed E-state index contributed by atoms with van der Waals surface area (Å²) >= 11 is 0. The third-order valence-electron chi connectivity index (χ3n) is 9.08. The minimum Gasteiger partial charge on any atom is -0.350 e. The number of hydrogen-bond donors (Lipinski definition) is 6. The van der Waals surface area contributed by atoms with Crippen LogP contribution in [0.25, 0.3) is 0 Å². The molecular formula is C26H47FN8O2. The summed E-state index contributed by atoms with van der Waals surface area (Å²) in [5, 5.41) is 10.1. The van der Waals surface area contributed by atoms with E-state index in [1.807, 2.05) is 6.08 Å². The van der Waals surface area contributed by atoms with Gasteiger partial charge in [-0.15, -0.1) is 0 Å². The number of aliphatic imine (C=N–C) groups is 1. The molecule has 8 N–H and O–H groups in total. The third kappa shape index (κ3) is 6.95. The zero-order valence-corrected chi connectivity index (χ0v) is 22.4. The molecule has 11 heteroatoms. The first-order valence-electron chi connectivity index (χ1n) is 14.1. The van der Waals surface area contributed by atoms with Crippen LogP contribution in [-0.2, 0) is 9.63 Å². The molecule has 0 saturated carbocycles. The lowest BCUT2D eigenvalue weighted by molar-refractivity contribution is -0.128. The number of amides is 1. The molecular weight excluding hydrogens is 475 g/mol. The van der Waals surface area contributed by atoms with E-state index in [1.165, 1.54) is 6.21 Å². The van der Waals surface area contributed by atoms with Crippen molar-refractivity contribution in [3.05, 3.63) is 12.2 Å². The monoisotopic (exact) mass is 522 g/mol. The molecule has 0 spiro atoms. The second kappa shape index (κ2) is 13.1.